The maximum Gasteiger partial charge on any atom is 0.291 e. The summed E-state index contributed by atoms with van der Waals surface area (Å²) in [5, 5.41) is 4.98. The number of nitrogens with zero attached hydrogens (tertiary/aromatic N) is 3. The molecule has 0 aromatic carbocycles. The van der Waals surface area contributed by atoms with Gasteiger partial charge in [0.2, 0.25) is 0 Å². The zero-order valence-corrected chi connectivity index (χ0v) is 14.4. The van der Waals surface area contributed by atoms with Crippen LogP contribution >= 0.6 is 15.9 Å². The lowest BCUT2D eigenvalue weighted by molar-refractivity contribution is -0.143. The smallest absolute Gasteiger partial charge is 0.274 e. The van der Waals surface area contributed by atoms with Crippen LogP contribution in [0.4, 0.5) is 0 Å². The molecular weight excluding hydrogens is 376 g/mol. The summed E-state index contributed by atoms with van der Waals surface area (Å²) >= 11 is 3.26. The van der Waals surface area contributed by atoms with Gasteiger partial charge in [-0.05, 0) is 46.0 Å². The van der Waals surface area contributed by atoms with Crippen LogP contribution in [-0.4, -0.2) is 32.5 Å². The SMILES string of the molecule is Cn1cc(Br)c(C(=O)NN2C(=O)[C@@H]3[C@@H]4C=C[C@@H]([C@@H]5C[C@H]45)[C@@H]3C2=O)n1. The molecule has 5 aliphatic rings. The first-order valence-corrected chi connectivity index (χ1v) is 8.83. The lowest BCUT2D eigenvalue weighted by atomic mass is 9.63. The number of halogens is 1. The highest BCUT2D eigenvalue weighted by molar-refractivity contribution is 9.10. The maximum atomic E-state index is 12.8. The highest BCUT2D eigenvalue weighted by atomic mass is 79.9. The number of carbonyl (C=O) groups is 3. The number of carbonyl (C=O) groups excluding carboxylic acids is 3. The van der Waals surface area contributed by atoms with Crippen molar-refractivity contribution in [1.82, 2.24) is 20.2 Å². The van der Waals surface area contributed by atoms with Gasteiger partial charge in [0, 0.05) is 13.2 Å². The molecule has 0 radical (unpaired) electrons. The maximum absolute atomic E-state index is 12.8. The second kappa shape index (κ2) is 4.56. The lowest BCUT2D eigenvalue weighted by Gasteiger charge is -2.37. The monoisotopic (exact) mass is 390 g/mol. The second-order valence-electron chi connectivity index (χ2n) is 7.11. The number of rotatable bonds is 2. The Morgan fingerprint density at radius 2 is 1.79 bits per heavy atom. The normalized spacial score (nSPS) is 38.3. The number of nitrogens with one attached hydrogen (secondary N) is 1. The van der Waals surface area contributed by atoms with Crippen molar-refractivity contribution >= 4 is 33.7 Å². The minimum Gasteiger partial charge on any atom is -0.274 e. The van der Waals surface area contributed by atoms with E-state index in [0.717, 1.165) is 11.4 Å². The molecule has 4 aliphatic carbocycles. The number of aryl methyl sites for hydroxylation is 1. The largest absolute Gasteiger partial charge is 0.291 e. The number of hydrogen-bond donors (Lipinski definition) is 1. The van der Waals surface area contributed by atoms with Crippen LogP contribution in [0.15, 0.2) is 22.8 Å². The molecule has 6 rings (SSSR count). The van der Waals surface area contributed by atoms with Crippen LogP contribution in [-0.2, 0) is 16.6 Å². The molecule has 6 atom stereocenters. The van der Waals surface area contributed by atoms with E-state index in [1.54, 1.807) is 13.2 Å². The standard InChI is InChI=1S/C16H15BrN4O3/c1-20-5-10(17)13(18-20)14(22)19-21-15(23)11-6-2-3-7(9-4-8(6)9)12(11)16(21)24/h2-3,5-9,11-12H,4H2,1H3,(H,19,22)/t6-,7+,8-,9+,11-,12+. The van der Waals surface area contributed by atoms with E-state index in [4.69, 9.17) is 0 Å². The summed E-state index contributed by atoms with van der Waals surface area (Å²) in [5.41, 5.74) is 2.62. The third-order valence-electron chi connectivity index (χ3n) is 5.88. The highest BCUT2D eigenvalue weighted by Gasteiger charge is 2.67. The van der Waals surface area contributed by atoms with Crippen molar-refractivity contribution in [3.63, 3.8) is 0 Å². The Bertz CT molecular complexity index is 795. The van der Waals surface area contributed by atoms with Crippen molar-refractivity contribution in [2.24, 2.45) is 42.6 Å². The molecule has 2 heterocycles. The summed E-state index contributed by atoms with van der Waals surface area (Å²) in [4.78, 5) is 38.0. The molecular formula is C16H15BrN4O3. The molecule has 124 valence electrons. The molecule has 2 saturated carbocycles. The van der Waals surface area contributed by atoms with Gasteiger partial charge in [-0.25, -0.2) is 0 Å². The van der Waals surface area contributed by atoms with Gasteiger partial charge in [-0.1, -0.05) is 12.2 Å². The summed E-state index contributed by atoms with van der Waals surface area (Å²) in [5.74, 6) is -0.391. The summed E-state index contributed by atoms with van der Waals surface area (Å²) in [6.45, 7) is 0. The zero-order valence-electron chi connectivity index (χ0n) is 12.8. The molecule has 0 spiro atoms. The van der Waals surface area contributed by atoms with Crippen molar-refractivity contribution in [2.75, 3.05) is 0 Å². The van der Waals surface area contributed by atoms with Crippen molar-refractivity contribution in [3.05, 3.63) is 28.5 Å². The van der Waals surface area contributed by atoms with Gasteiger partial charge < -0.3 is 0 Å². The summed E-state index contributed by atoms with van der Waals surface area (Å²) in [6, 6.07) is 0. The van der Waals surface area contributed by atoms with Crippen LogP contribution in [0.1, 0.15) is 16.9 Å². The van der Waals surface area contributed by atoms with Crippen LogP contribution in [0.5, 0.6) is 0 Å². The first kappa shape index (κ1) is 14.4. The average Bonchev–Trinajstić information content (AvgIpc) is 3.26. The molecule has 1 aromatic rings. The van der Waals surface area contributed by atoms with Gasteiger partial charge in [0.05, 0.1) is 16.3 Å². The number of hydrogen-bond acceptors (Lipinski definition) is 4. The average molecular weight is 391 g/mol. The molecule has 0 unspecified atom stereocenters. The first-order chi connectivity index (χ1) is 11.5. The second-order valence-corrected chi connectivity index (χ2v) is 7.96. The van der Waals surface area contributed by atoms with Gasteiger partial charge in [-0.15, -0.1) is 0 Å². The van der Waals surface area contributed by atoms with Crippen LogP contribution in [0.25, 0.3) is 0 Å². The van der Waals surface area contributed by atoms with E-state index in [9.17, 15) is 14.4 Å². The topological polar surface area (TPSA) is 84.3 Å². The fourth-order valence-corrected chi connectivity index (χ4v) is 5.39. The molecule has 8 heteroatoms. The fourth-order valence-electron chi connectivity index (χ4n) is 4.84. The summed E-state index contributed by atoms with van der Waals surface area (Å²) in [6.07, 6.45) is 6.96. The number of hydrazine groups is 1. The zero-order chi connectivity index (χ0) is 16.7. The molecule has 7 nitrogen and oxygen atoms in total. The summed E-state index contributed by atoms with van der Waals surface area (Å²) in [7, 11) is 1.69. The van der Waals surface area contributed by atoms with E-state index in [1.165, 1.54) is 4.68 Å². The molecule has 2 bridgehead atoms. The number of amides is 3. The Morgan fingerprint density at radius 1 is 1.21 bits per heavy atom. The van der Waals surface area contributed by atoms with Gasteiger partial charge in [0.1, 0.15) is 0 Å². The minimum atomic E-state index is -0.562. The molecule has 1 N–H and O–H groups in total. The predicted octanol–water partition coefficient (Wildman–Crippen LogP) is 0.881. The highest BCUT2D eigenvalue weighted by Crippen LogP contribution is 2.65. The van der Waals surface area contributed by atoms with Gasteiger partial charge in [0.25, 0.3) is 17.7 Å². The van der Waals surface area contributed by atoms with Gasteiger partial charge in [-0.2, -0.15) is 10.1 Å². The van der Waals surface area contributed by atoms with Gasteiger partial charge in [0.15, 0.2) is 5.69 Å². The fraction of sp³-hybridized carbons (Fsp3) is 0.500. The van der Waals surface area contributed by atoms with E-state index in [2.05, 4.69) is 38.6 Å². The van der Waals surface area contributed by atoms with Crippen LogP contribution in [0.3, 0.4) is 0 Å². The van der Waals surface area contributed by atoms with E-state index >= 15 is 0 Å². The Balaban J connectivity index is 1.42. The van der Waals surface area contributed by atoms with Crippen molar-refractivity contribution in [3.8, 4) is 0 Å². The molecule has 3 fully saturated rings. The van der Waals surface area contributed by atoms with E-state index < -0.39 is 5.91 Å². The molecule has 1 aromatic heterocycles. The third-order valence-corrected chi connectivity index (χ3v) is 6.46. The van der Waals surface area contributed by atoms with Crippen molar-refractivity contribution < 1.29 is 14.4 Å². The quantitative estimate of drug-likeness (QED) is 0.599. The molecule has 1 aliphatic heterocycles. The number of aromatic nitrogens is 2. The van der Waals surface area contributed by atoms with E-state index in [0.29, 0.717) is 16.3 Å². The first-order valence-electron chi connectivity index (χ1n) is 8.03. The van der Waals surface area contributed by atoms with Gasteiger partial charge >= 0.3 is 0 Å². The molecule has 3 amide bonds. The Morgan fingerprint density at radius 3 is 2.29 bits per heavy atom. The number of allylic oxidation sites excluding steroid dienone is 2. The predicted molar refractivity (Wildman–Crippen MR) is 84.9 cm³/mol. The van der Waals surface area contributed by atoms with Crippen LogP contribution in [0.2, 0.25) is 0 Å². The van der Waals surface area contributed by atoms with E-state index in [-0.39, 0.29) is 41.2 Å². The summed E-state index contributed by atoms with van der Waals surface area (Å²) < 4.78 is 2.01. The van der Waals surface area contributed by atoms with Crippen molar-refractivity contribution in [2.45, 2.75) is 6.42 Å². The van der Waals surface area contributed by atoms with Crippen LogP contribution < -0.4 is 5.43 Å². The van der Waals surface area contributed by atoms with Crippen LogP contribution in [0, 0.1) is 35.5 Å². The Labute approximate surface area is 146 Å². The molecule has 24 heavy (non-hydrogen) atoms. The number of imide groups is 1. The minimum absolute atomic E-state index is 0.143. The third kappa shape index (κ3) is 1.72. The Kier molecular flexibility index (Phi) is 2.73. The van der Waals surface area contributed by atoms with Gasteiger partial charge in [-0.3, -0.25) is 24.5 Å². The van der Waals surface area contributed by atoms with Crippen molar-refractivity contribution in [1.29, 1.82) is 0 Å². The van der Waals surface area contributed by atoms with E-state index in [1.807, 2.05) is 0 Å². The Hall–Kier alpha value is -1.96. The molecule has 1 saturated heterocycles. The lowest BCUT2D eigenvalue weighted by Crippen LogP contribution is -2.47.